The first-order chi connectivity index (χ1) is 15.2. The van der Waals surface area contributed by atoms with Crippen molar-refractivity contribution in [2.75, 3.05) is 0 Å². The van der Waals surface area contributed by atoms with Gasteiger partial charge in [-0.2, -0.15) is 10.2 Å². The normalized spacial score (nSPS) is 10.8. The second-order valence-electron chi connectivity index (χ2n) is 6.98. The molecule has 150 valence electrons. The summed E-state index contributed by atoms with van der Waals surface area (Å²) in [6, 6.07) is 28.2. The van der Waals surface area contributed by atoms with Crippen molar-refractivity contribution in [2.24, 2.45) is 0 Å². The standard InChI is InChI=1S/C24H17N5O2/c30-29(31)22-13-11-21(12-14-22)28-24(18-7-3-1-4-8-18)15-23(26-28)19-16-25-27(17-19)20-9-5-2-6-10-20/h1-17H. The van der Waals surface area contributed by atoms with Gasteiger partial charge in [-0.3, -0.25) is 10.1 Å². The SMILES string of the molecule is O=[N+]([O-])c1ccc(-n2nc(-c3cnn(-c4ccccc4)c3)cc2-c2ccccc2)cc1. The van der Waals surface area contributed by atoms with Gasteiger partial charge in [-0.05, 0) is 30.3 Å². The predicted octanol–water partition coefficient (Wildman–Crippen LogP) is 5.30. The zero-order valence-electron chi connectivity index (χ0n) is 16.4. The number of rotatable bonds is 5. The Morgan fingerprint density at radius 2 is 1.45 bits per heavy atom. The number of para-hydroxylation sites is 1. The summed E-state index contributed by atoms with van der Waals surface area (Å²) < 4.78 is 3.61. The molecular formula is C24H17N5O2. The molecule has 0 atom stereocenters. The fraction of sp³-hybridized carbons (Fsp3) is 0. The molecule has 0 aliphatic heterocycles. The predicted molar refractivity (Wildman–Crippen MR) is 118 cm³/mol. The summed E-state index contributed by atoms with van der Waals surface area (Å²) >= 11 is 0. The molecule has 2 heterocycles. The molecule has 0 radical (unpaired) electrons. The molecule has 0 saturated carbocycles. The van der Waals surface area contributed by atoms with E-state index in [0.717, 1.165) is 33.9 Å². The third kappa shape index (κ3) is 3.60. The van der Waals surface area contributed by atoms with Crippen LogP contribution in [0.15, 0.2) is 103 Å². The van der Waals surface area contributed by atoms with Crippen LogP contribution in [-0.4, -0.2) is 24.5 Å². The number of nitro benzene ring substituents is 1. The maximum Gasteiger partial charge on any atom is 0.269 e. The Morgan fingerprint density at radius 1 is 0.774 bits per heavy atom. The fourth-order valence-corrected chi connectivity index (χ4v) is 3.43. The van der Waals surface area contributed by atoms with Crippen molar-refractivity contribution in [3.63, 3.8) is 0 Å². The molecule has 0 amide bonds. The summed E-state index contributed by atoms with van der Waals surface area (Å²) in [5, 5.41) is 20.3. The van der Waals surface area contributed by atoms with Gasteiger partial charge in [-0.25, -0.2) is 9.36 Å². The average Bonchev–Trinajstić information content (AvgIpc) is 3.48. The van der Waals surface area contributed by atoms with Gasteiger partial charge < -0.3 is 0 Å². The quantitative estimate of drug-likeness (QED) is 0.292. The third-order valence-electron chi connectivity index (χ3n) is 4.98. The molecule has 0 unspecified atom stereocenters. The van der Waals surface area contributed by atoms with Crippen molar-refractivity contribution in [3.8, 4) is 33.9 Å². The summed E-state index contributed by atoms with van der Waals surface area (Å²) in [5.41, 5.74) is 5.27. The van der Waals surface area contributed by atoms with Gasteiger partial charge in [-0.15, -0.1) is 0 Å². The third-order valence-corrected chi connectivity index (χ3v) is 4.98. The number of non-ortho nitro benzene ring substituents is 1. The molecule has 31 heavy (non-hydrogen) atoms. The van der Waals surface area contributed by atoms with Crippen LogP contribution in [0.5, 0.6) is 0 Å². The van der Waals surface area contributed by atoms with Crippen LogP contribution in [0.4, 0.5) is 5.69 Å². The molecule has 0 fully saturated rings. The Balaban J connectivity index is 1.60. The van der Waals surface area contributed by atoms with Crippen LogP contribution in [-0.2, 0) is 0 Å². The van der Waals surface area contributed by atoms with E-state index >= 15 is 0 Å². The number of benzene rings is 3. The molecule has 2 aromatic heterocycles. The lowest BCUT2D eigenvalue weighted by Crippen LogP contribution is -1.99. The van der Waals surface area contributed by atoms with Gasteiger partial charge in [0.2, 0.25) is 0 Å². The molecule has 7 heteroatoms. The minimum atomic E-state index is -0.408. The van der Waals surface area contributed by atoms with E-state index in [1.54, 1.807) is 23.0 Å². The van der Waals surface area contributed by atoms with Crippen molar-refractivity contribution >= 4 is 5.69 Å². The van der Waals surface area contributed by atoms with Crippen molar-refractivity contribution in [2.45, 2.75) is 0 Å². The minimum absolute atomic E-state index is 0.0431. The topological polar surface area (TPSA) is 78.8 Å². The Kier molecular flexibility index (Phi) is 4.61. The van der Waals surface area contributed by atoms with Gasteiger partial charge in [0.05, 0.1) is 33.9 Å². The van der Waals surface area contributed by atoms with Crippen LogP contribution in [0.3, 0.4) is 0 Å². The largest absolute Gasteiger partial charge is 0.269 e. The summed E-state index contributed by atoms with van der Waals surface area (Å²) in [4.78, 5) is 10.6. The van der Waals surface area contributed by atoms with Gasteiger partial charge in [0.15, 0.2) is 0 Å². The highest BCUT2D eigenvalue weighted by Gasteiger charge is 2.15. The second-order valence-corrected chi connectivity index (χ2v) is 6.98. The van der Waals surface area contributed by atoms with Gasteiger partial charge in [-0.1, -0.05) is 48.5 Å². The maximum atomic E-state index is 11.0. The zero-order chi connectivity index (χ0) is 21.2. The summed E-state index contributed by atoms with van der Waals surface area (Å²) in [6.07, 6.45) is 3.72. The van der Waals surface area contributed by atoms with Crippen molar-refractivity contribution < 1.29 is 4.92 Å². The lowest BCUT2D eigenvalue weighted by atomic mass is 10.1. The molecule has 5 aromatic rings. The summed E-state index contributed by atoms with van der Waals surface area (Å²) in [5.74, 6) is 0. The van der Waals surface area contributed by atoms with Crippen molar-refractivity contribution in [1.82, 2.24) is 19.6 Å². The van der Waals surface area contributed by atoms with Crippen LogP contribution < -0.4 is 0 Å². The highest BCUT2D eigenvalue weighted by Crippen LogP contribution is 2.29. The average molecular weight is 407 g/mol. The smallest absolute Gasteiger partial charge is 0.258 e. The van der Waals surface area contributed by atoms with E-state index in [1.807, 2.05) is 77.6 Å². The molecule has 0 saturated heterocycles. The fourth-order valence-electron chi connectivity index (χ4n) is 3.43. The van der Waals surface area contributed by atoms with Crippen LogP contribution in [0.25, 0.3) is 33.9 Å². The molecule has 7 nitrogen and oxygen atoms in total. The monoisotopic (exact) mass is 407 g/mol. The molecule has 0 spiro atoms. The Labute approximate surface area is 178 Å². The van der Waals surface area contributed by atoms with E-state index < -0.39 is 4.92 Å². The van der Waals surface area contributed by atoms with E-state index in [9.17, 15) is 10.1 Å². The first kappa shape index (κ1) is 18.5. The number of hydrogen-bond acceptors (Lipinski definition) is 4. The number of hydrogen-bond donors (Lipinski definition) is 0. The lowest BCUT2D eigenvalue weighted by Gasteiger charge is -2.07. The maximum absolute atomic E-state index is 11.0. The molecule has 0 aliphatic rings. The molecular weight excluding hydrogens is 390 g/mol. The van der Waals surface area contributed by atoms with Gasteiger partial charge >= 0.3 is 0 Å². The molecule has 0 aliphatic carbocycles. The minimum Gasteiger partial charge on any atom is -0.258 e. The van der Waals surface area contributed by atoms with Gasteiger partial charge in [0.1, 0.15) is 0 Å². The second kappa shape index (κ2) is 7.72. The van der Waals surface area contributed by atoms with E-state index in [4.69, 9.17) is 5.10 Å². The van der Waals surface area contributed by atoms with Crippen molar-refractivity contribution in [3.05, 3.63) is 114 Å². The Bertz CT molecular complexity index is 1340. The first-order valence-corrected chi connectivity index (χ1v) is 9.70. The van der Waals surface area contributed by atoms with Gasteiger partial charge in [0, 0.05) is 29.5 Å². The first-order valence-electron chi connectivity index (χ1n) is 9.70. The highest BCUT2D eigenvalue weighted by atomic mass is 16.6. The van der Waals surface area contributed by atoms with E-state index in [0.29, 0.717) is 0 Å². The number of nitro groups is 1. The van der Waals surface area contributed by atoms with E-state index in [-0.39, 0.29) is 5.69 Å². The molecule has 5 rings (SSSR count). The van der Waals surface area contributed by atoms with Crippen LogP contribution in [0, 0.1) is 10.1 Å². The summed E-state index contributed by atoms with van der Waals surface area (Å²) in [6.45, 7) is 0. The van der Waals surface area contributed by atoms with Gasteiger partial charge in [0.25, 0.3) is 5.69 Å². The van der Waals surface area contributed by atoms with Crippen molar-refractivity contribution in [1.29, 1.82) is 0 Å². The number of aromatic nitrogens is 4. The molecule has 0 N–H and O–H groups in total. The van der Waals surface area contributed by atoms with Crippen LogP contribution in [0.1, 0.15) is 0 Å². The van der Waals surface area contributed by atoms with Crippen LogP contribution >= 0.6 is 0 Å². The summed E-state index contributed by atoms with van der Waals surface area (Å²) in [7, 11) is 0. The molecule has 0 bridgehead atoms. The highest BCUT2D eigenvalue weighted by molar-refractivity contribution is 5.70. The lowest BCUT2D eigenvalue weighted by molar-refractivity contribution is -0.384. The molecule has 3 aromatic carbocycles. The van der Waals surface area contributed by atoms with E-state index in [2.05, 4.69) is 5.10 Å². The Hall–Kier alpha value is -4.52. The zero-order valence-corrected chi connectivity index (χ0v) is 16.4. The Morgan fingerprint density at radius 3 is 2.13 bits per heavy atom. The number of nitrogens with zero attached hydrogens (tertiary/aromatic N) is 5. The van der Waals surface area contributed by atoms with E-state index in [1.165, 1.54) is 12.1 Å². The van der Waals surface area contributed by atoms with Crippen LogP contribution in [0.2, 0.25) is 0 Å².